The zero-order valence-electron chi connectivity index (χ0n) is 17.1. The van der Waals surface area contributed by atoms with Crippen LogP contribution >= 0.6 is 0 Å². The van der Waals surface area contributed by atoms with Crippen LogP contribution in [-0.2, 0) is 22.5 Å². The number of hydrogen-bond donors (Lipinski definition) is 3. The van der Waals surface area contributed by atoms with Gasteiger partial charge in [0.15, 0.2) is 0 Å². The van der Waals surface area contributed by atoms with Crippen molar-refractivity contribution in [3.8, 4) is 0 Å². The molecule has 2 atom stereocenters. The summed E-state index contributed by atoms with van der Waals surface area (Å²) in [7, 11) is 2.03. The summed E-state index contributed by atoms with van der Waals surface area (Å²) in [6.07, 6.45) is 2.52. The number of furan rings is 1. The largest absolute Gasteiger partial charge is 0.467 e. The molecule has 0 radical (unpaired) electrons. The fourth-order valence-corrected chi connectivity index (χ4v) is 3.48. The first-order valence-electron chi connectivity index (χ1n) is 9.92. The lowest BCUT2D eigenvalue weighted by Gasteiger charge is -2.28. The molecule has 154 valence electrons. The Morgan fingerprint density at radius 3 is 2.48 bits per heavy atom. The molecule has 3 N–H and O–H groups in total. The molecule has 7 heteroatoms. The van der Waals surface area contributed by atoms with Gasteiger partial charge in [0, 0.05) is 5.56 Å². The zero-order chi connectivity index (χ0) is 20.8. The number of carbonyl (C=O) groups excluding carboxylic acids is 2. The molecule has 1 aliphatic rings. The predicted molar refractivity (Wildman–Crippen MR) is 108 cm³/mol. The van der Waals surface area contributed by atoms with Crippen molar-refractivity contribution in [3.05, 3.63) is 70.8 Å². The summed E-state index contributed by atoms with van der Waals surface area (Å²) in [5.41, 5.74) is 3.42. The number of hydrogen-bond acceptors (Lipinski definition) is 4. The average molecular weight is 398 g/mol. The fraction of sp³-hybridized carbons (Fsp3) is 0.364. The van der Waals surface area contributed by atoms with Crippen LogP contribution in [0.5, 0.6) is 0 Å². The molecule has 2 heterocycles. The molecule has 0 fully saturated rings. The summed E-state index contributed by atoms with van der Waals surface area (Å²) in [5, 5.41) is 5.56. The second-order valence-electron chi connectivity index (χ2n) is 7.14. The second-order valence-corrected chi connectivity index (χ2v) is 7.14. The molecule has 0 saturated heterocycles. The van der Waals surface area contributed by atoms with Gasteiger partial charge in [-0.3, -0.25) is 0 Å². The molecular formula is C22H28N3O4+. The summed E-state index contributed by atoms with van der Waals surface area (Å²) in [5.74, 6) is 0.0321. The highest BCUT2D eigenvalue weighted by atomic mass is 16.5. The van der Waals surface area contributed by atoms with Gasteiger partial charge in [-0.05, 0) is 31.0 Å². The smallest absolute Gasteiger partial charge is 0.338 e. The van der Waals surface area contributed by atoms with Gasteiger partial charge in [0.1, 0.15) is 24.9 Å². The quantitative estimate of drug-likeness (QED) is 0.591. The number of rotatable bonds is 8. The third kappa shape index (κ3) is 5.06. The molecular weight excluding hydrogens is 370 g/mol. The van der Waals surface area contributed by atoms with E-state index in [9.17, 15) is 9.59 Å². The Morgan fingerprint density at radius 1 is 1.14 bits per heavy atom. The highest BCUT2D eigenvalue weighted by Crippen LogP contribution is 2.27. The fourth-order valence-electron chi connectivity index (χ4n) is 3.48. The van der Waals surface area contributed by atoms with Crippen molar-refractivity contribution < 1.29 is 23.6 Å². The van der Waals surface area contributed by atoms with Crippen molar-refractivity contribution >= 4 is 12.0 Å². The Kier molecular flexibility index (Phi) is 6.72. The number of aryl methyl sites for hydroxylation is 1. The summed E-state index contributed by atoms with van der Waals surface area (Å²) >= 11 is 0. The monoisotopic (exact) mass is 398 g/mol. The van der Waals surface area contributed by atoms with Crippen molar-refractivity contribution in [2.75, 3.05) is 20.2 Å². The molecule has 0 spiro atoms. The Morgan fingerprint density at radius 2 is 1.86 bits per heavy atom. The number of esters is 1. The van der Waals surface area contributed by atoms with Gasteiger partial charge in [-0.1, -0.05) is 31.2 Å². The van der Waals surface area contributed by atoms with E-state index in [1.165, 1.54) is 17.4 Å². The van der Waals surface area contributed by atoms with Crippen LogP contribution in [0.15, 0.2) is 58.3 Å². The van der Waals surface area contributed by atoms with E-state index in [2.05, 4.69) is 41.8 Å². The highest BCUT2D eigenvalue weighted by Gasteiger charge is 2.36. The van der Waals surface area contributed by atoms with E-state index in [1.54, 1.807) is 19.1 Å². The van der Waals surface area contributed by atoms with E-state index in [4.69, 9.17) is 9.15 Å². The molecule has 1 aromatic carbocycles. The van der Waals surface area contributed by atoms with E-state index in [0.29, 0.717) is 23.6 Å². The van der Waals surface area contributed by atoms with Gasteiger partial charge in [-0.2, -0.15) is 0 Å². The van der Waals surface area contributed by atoms with Crippen molar-refractivity contribution in [3.63, 3.8) is 0 Å². The van der Waals surface area contributed by atoms with Gasteiger partial charge in [0.2, 0.25) is 0 Å². The van der Waals surface area contributed by atoms with Crippen LogP contribution in [0.25, 0.3) is 0 Å². The number of quaternary nitrogens is 1. The predicted octanol–water partition coefficient (Wildman–Crippen LogP) is 1.73. The number of urea groups is 1. The van der Waals surface area contributed by atoms with E-state index in [0.717, 1.165) is 17.9 Å². The molecule has 0 aliphatic carbocycles. The molecule has 3 rings (SSSR count). The van der Waals surface area contributed by atoms with Crippen LogP contribution in [0.3, 0.4) is 0 Å². The molecule has 2 aromatic rings. The normalized spacial score (nSPS) is 17.5. The Bertz CT molecular complexity index is 872. The molecule has 1 aromatic heterocycles. The van der Waals surface area contributed by atoms with E-state index in [1.807, 2.05) is 7.05 Å². The molecule has 1 unspecified atom stereocenters. The minimum Gasteiger partial charge on any atom is -0.467 e. The average Bonchev–Trinajstić information content (AvgIpc) is 3.23. The van der Waals surface area contributed by atoms with Crippen LogP contribution < -0.4 is 15.5 Å². The minimum absolute atomic E-state index is 0.251. The Hall–Kier alpha value is -3.06. The standard InChI is InChI=1S/C22H27N3O4/c1-4-15-8-10-16(11-9-15)13-25(3)14-17-19(21(26)28-5-2)20(24-22(27)23-17)18-7-6-12-29-18/h6-12,20H,4-5,13-14H2,1-3H3,(H2,23,24,27)/p+1/t20-/m0/s1. The summed E-state index contributed by atoms with van der Waals surface area (Å²) < 4.78 is 10.7. The molecule has 0 bridgehead atoms. The topological polar surface area (TPSA) is 85.0 Å². The molecule has 1 aliphatic heterocycles. The second kappa shape index (κ2) is 9.43. The minimum atomic E-state index is -0.676. The maximum absolute atomic E-state index is 12.7. The lowest BCUT2D eigenvalue weighted by molar-refractivity contribution is -0.889. The van der Waals surface area contributed by atoms with Gasteiger partial charge in [-0.15, -0.1) is 0 Å². The number of amides is 2. The van der Waals surface area contributed by atoms with Gasteiger partial charge >= 0.3 is 12.0 Å². The number of nitrogens with one attached hydrogen (secondary N) is 3. The third-order valence-electron chi connectivity index (χ3n) is 4.89. The molecule has 2 amide bonds. The first-order chi connectivity index (χ1) is 14.0. The van der Waals surface area contributed by atoms with E-state index < -0.39 is 12.0 Å². The summed E-state index contributed by atoms with van der Waals surface area (Å²) in [6.45, 7) is 5.37. The van der Waals surface area contributed by atoms with Crippen LogP contribution in [0.1, 0.15) is 36.8 Å². The maximum Gasteiger partial charge on any atom is 0.338 e. The van der Waals surface area contributed by atoms with Gasteiger partial charge in [0.25, 0.3) is 0 Å². The van der Waals surface area contributed by atoms with Crippen LogP contribution in [0.4, 0.5) is 4.79 Å². The number of ether oxygens (including phenoxy) is 1. The first kappa shape index (κ1) is 20.7. The van der Waals surface area contributed by atoms with Crippen molar-refractivity contribution in [2.45, 2.75) is 32.9 Å². The van der Waals surface area contributed by atoms with Crippen molar-refractivity contribution in [2.24, 2.45) is 0 Å². The molecule has 7 nitrogen and oxygen atoms in total. The SMILES string of the molecule is CCOC(=O)C1=C(C[NH+](C)Cc2ccc(CC)cc2)NC(=O)N[C@H]1c1ccco1. The lowest BCUT2D eigenvalue weighted by Crippen LogP contribution is -3.08. The summed E-state index contributed by atoms with van der Waals surface area (Å²) in [6, 6.07) is 10.9. The summed E-state index contributed by atoms with van der Waals surface area (Å²) in [4.78, 5) is 26.1. The lowest BCUT2D eigenvalue weighted by atomic mass is 9.99. The van der Waals surface area contributed by atoms with Gasteiger partial charge in [-0.25, -0.2) is 9.59 Å². The van der Waals surface area contributed by atoms with Crippen LogP contribution in [0.2, 0.25) is 0 Å². The van der Waals surface area contributed by atoms with Crippen molar-refractivity contribution in [1.82, 2.24) is 10.6 Å². The molecule has 29 heavy (non-hydrogen) atoms. The molecule has 0 saturated carbocycles. The number of carbonyl (C=O) groups is 2. The van der Waals surface area contributed by atoms with Gasteiger partial charge in [0.05, 0.1) is 31.2 Å². The maximum atomic E-state index is 12.7. The number of benzene rings is 1. The Labute approximate surface area is 170 Å². The van der Waals surface area contributed by atoms with Crippen molar-refractivity contribution in [1.29, 1.82) is 0 Å². The highest BCUT2D eigenvalue weighted by molar-refractivity contribution is 5.95. The number of likely N-dealkylation sites (N-methyl/N-ethyl adjacent to an activating group) is 1. The first-order valence-corrected chi connectivity index (χ1v) is 9.92. The zero-order valence-corrected chi connectivity index (χ0v) is 17.1. The van der Waals surface area contributed by atoms with Crippen LogP contribution in [-0.4, -0.2) is 32.2 Å². The third-order valence-corrected chi connectivity index (χ3v) is 4.89. The van der Waals surface area contributed by atoms with E-state index in [-0.39, 0.29) is 12.6 Å². The van der Waals surface area contributed by atoms with Crippen LogP contribution in [0, 0.1) is 0 Å². The van der Waals surface area contributed by atoms with E-state index >= 15 is 0 Å². The van der Waals surface area contributed by atoms with Gasteiger partial charge < -0.3 is 24.7 Å². The Balaban J connectivity index is 1.85.